The first-order chi connectivity index (χ1) is 10.3. The Morgan fingerprint density at radius 2 is 1.43 bits per heavy atom. The molecule has 21 heavy (non-hydrogen) atoms. The van der Waals surface area contributed by atoms with Crippen molar-refractivity contribution >= 4 is 23.3 Å². The van der Waals surface area contributed by atoms with Crippen molar-refractivity contribution in [3.05, 3.63) is 65.7 Å². The minimum Gasteiger partial charge on any atom is -0.507 e. The molecule has 3 nitrogen and oxygen atoms in total. The zero-order chi connectivity index (χ0) is 14.8. The largest absolute Gasteiger partial charge is 0.507 e. The number of phenolic OH excluding ortho intramolecular Hbond substituents is 1. The summed E-state index contributed by atoms with van der Waals surface area (Å²) in [5, 5.41) is 11.8. The van der Waals surface area contributed by atoms with E-state index < -0.39 is 0 Å². The molecule has 0 aliphatic carbocycles. The highest BCUT2D eigenvalue weighted by Crippen LogP contribution is 2.34. The van der Waals surface area contributed by atoms with Gasteiger partial charge in [0.1, 0.15) is 5.75 Å². The van der Waals surface area contributed by atoms with Crippen LogP contribution in [0.2, 0.25) is 0 Å². The van der Waals surface area contributed by atoms with E-state index in [2.05, 4.69) is 0 Å². The van der Waals surface area contributed by atoms with Crippen LogP contribution in [0.5, 0.6) is 5.75 Å². The number of phenols is 1. The third-order valence-corrected chi connectivity index (χ3v) is 3.58. The Bertz CT molecular complexity index is 845. The first-order valence-corrected chi connectivity index (χ1v) is 6.50. The lowest BCUT2D eigenvalue weighted by Crippen LogP contribution is -1.96. The molecule has 0 fully saturated rings. The van der Waals surface area contributed by atoms with Gasteiger partial charge in [-0.15, -0.1) is 0 Å². The van der Waals surface area contributed by atoms with Crippen molar-refractivity contribution in [1.29, 1.82) is 0 Å². The van der Waals surface area contributed by atoms with Gasteiger partial charge in [-0.25, -0.2) is 0 Å². The Morgan fingerprint density at radius 1 is 0.714 bits per heavy atom. The quantitative estimate of drug-likeness (QED) is 0.739. The van der Waals surface area contributed by atoms with Gasteiger partial charge in [0.05, 0.1) is 5.56 Å². The number of aromatic hydroxyl groups is 1. The molecule has 0 saturated carbocycles. The highest BCUT2D eigenvalue weighted by atomic mass is 16.3. The van der Waals surface area contributed by atoms with E-state index in [0.29, 0.717) is 18.1 Å². The molecule has 3 aromatic carbocycles. The van der Waals surface area contributed by atoms with Gasteiger partial charge in [-0.1, -0.05) is 42.5 Å². The van der Waals surface area contributed by atoms with E-state index in [-0.39, 0.29) is 16.9 Å². The van der Waals surface area contributed by atoms with Gasteiger partial charge in [0.25, 0.3) is 0 Å². The van der Waals surface area contributed by atoms with Crippen LogP contribution in [0.25, 0.3) is 21.9 Å². The molecular formula is C18H12O3. The number of rotatable bonds is 3. The second kappa shape index (κ2) is 5.21. The fourth-order valence-corrected chi connectivity index (χ4v) is 2.57. The molecule has 0 saturated heterocycles. The number of fused-ring (bicyclic) bond motifs is 1. The molecule has 0 unspecified atom stereocenters. The molecule has 0 aromatic heterocycles. The standard InChI is InChI=1S/C18H12O3/c19-10-16-15(8-9-18(21)17(16)11-20)14-7-3-5-12-4-1-2-6-13(12)14/h1-11,21H. The summed E-state index contributed by atoms with van der Waals surface area (Å²) in [6.45, 7) is 0. The summed E-state index contributed by atoms with van der Waals surface area (Å²) in [5.74, 6) is -0.184. The summed E-state index contributed by atoms with van der Waals surface area (Å²) in [4.78, 5) is 22.5. The number of aldehydes is 2. The summed E-state index contributed by atoms with van der Waals surface area (Å²) in [7, 11) is 0. The fraction of sp³-hybridized carbons (Fsp3) is 0. The Labute approximate surface area is 121 Å². The van der Waals surface area contributed by atoms with Crippen molar-refractivity contribution < 1.29 is 14.7 Å². The van der Waals surface area contributed by atoms with Gasteiger partial charge in [0.2, 0.25) is 0 Å². The van der Waals surface area contributed by atoms with Crippen molar-refractivity contribution in [3.63, 3.8) is 0 Å². The number of carbonyl (C=O) groups is 2. The molecule has 0 spiro atoms. The molecule has 3 rings (SSSR count). The lowest BCUT2D eigenvalue weighted by molar-refractivity contribution is 0.109. The molecule has 0 aliphatic heterocycles. The summed E-state index contributed by atoms with van der Waals surface area (Å²) < 4.78 is 0. The second-order valence-corrected chi connectivity index (χ2v) is 4.72. The molecule has 0 atom stereocenters. The monoisotopic (exact) mass is 276 g/mol. The maximum Gasteiger partial charge on any atom is 0.154 e. The van der Waals surface area contributed by atoms with Crippen LogP contribution in [0.1, 0.15) is 20.7 Å². The molecule has 1 N–H and O–H groups in total. The van der Waals surface area contributed by atoms with E-state index in [1.54, 1.807) is 6.07 Å². The van der Waals surface area contributed by atoms with Crippen LogP contribution in [0, 0.1) is 0 Å². The van der Waals surface area contributed by atoms with E-state index in [4.69, 9.17) is 0 Å². The van der Waals surface area contributed by atoms with E-state index >= 15 is 0 Å². The van der Waals surface area contributed by atoms with Crippen LogP contribution in [0.3, 0.4) is 0 Å². The smallest absolute Gasteiger partial charge is 0.154 e. The first-order valence-electron chi connectivity index (χ1n) is 6.50. The predicted octanol–water partition coefficient (Wildman–Crippen LogP) is 3.84. The SMILES string of the molecule is O=Cc1c(O)ccc(-c2cccc3ccccc23)c1C=O. The van der Waals surface area contributed by atoms with Crippen LogP contribution in [-0.2, 0) is 0 Å². The van der Waals surface area contributed by atoms with Crippen molar-refractivity contribution in [2.24, 2.45) is 0 Å². The maximum atomic E-state index is 11.4. The summed E-state index contributed by atoms with van der Waals surface area (Å²) in [6, 6.07) is 16.7. The van der Waals surface area contributed by atoms with Crippen LogP contribution in [0.15, 0.2) is 54.6 Å². The first kappa shape index (κ1) is 13.1. The third kappa shape index (κ3) is 2.09. The van der Waals surface area contributed by atoms with Gasteiger partial charge in [0, 0.05) is 5.56 Å². The van der Waals surface area contributed by atoms with E-state index in [9.17, 15) is 14.7 Å². The lowest BCUT2D eigenvalue weighted by atomic mass is 9.92. The minimum absolute atomic E-state index is 0.0236. The minimum atomic E-state index is -0.184. The zero-order valence-corrected chi connectivity index (χ0v) is 11.1. The molecule has 0 amide bonds. The number of carbonyl (C=O) groups excluding carboxylic acids is 2. The molecule has 3 aromatic rings. The Hall–Kier alpha value is -2.94. The molecule has 0 bridgehead atoms. The van der Waals surface area contributed by atoms with Crippen LogP contribution in [-0.4, -0.2) is 17.7 Å². The highest BCUT2D eigenvalue weighted by Gasteiger charge is 2.14. The topological polar surface area (TPSA) is 54.4 Å². The van der Waals surface area contributed by atoms with E-state index in [1.165, 1.54) is 6.07 Å². The number of benzene rings is 3. The van der Waals surface area contributed by atoms with Crippen molar-refractivity contribution in [2.75, 3.05) is 0 Å². The van der Waals surface area contributed by atoms with Gasteiger partial charge < -0.3 is 5.11 Å². The summed E-state index contributed by atoms with van der Waals surface area (Å²) in [5.41, 5.74) is 1.73. The Balaban J connectivity index is 2.38. The van der Waals surface area contributed by atoms with Crippen molar-refractivity contribution in [2.45, 2.75) is 0 Å². The fourth-order valence-electron chi connectivity index (χ4n) is 2.57. The summed E-state index contributed by atoms with van der Waals surface area (Å²) in [6.07, 6.45) is 1.12. The molecule has 102 valence electrons. The predicted molar refractivity (Wildman–Crippen MR) is 81.8 cm³/mol. The van der Waals surface area contributed by atoms with E-state index in [1.807, 2.05) is 42.5 Å². The molecule has 0 aliphatic rings. The number of hydrogen-bond acceptors (Lipinski definition) is 3. The van der Waals surface area contributed by atoms with Crippen molar-refractivity contribution in [1.82, 2.24) is 0 Å². The Kier molecular flexibility index (Phi) is 3.24. The second-order valence-electron chi connectivity index (χ2n) is 4.72. The van der Waals surface area contributed by atoms with Crippen LogP contribution < -0.4 is 0 Å². The van der Waals surface area contributed by atoms with E-state index in [0.717, 1.165) is 16.3 Å². The zero-order valence-electron chi connectivity index (χ0n) is 11.1. The third-order valence-electron chi connectivity index (χ3n) is 3.58. The van der Waals surface area contributed by atoms with Crippen LogP contribution >= 0.6 is 0 Å². The Morgan fingerprint density at radius 3 is 2.19 bits per heavy atom. The van der Waals surface area contributed by atoms with Gasteiger partial charge in [-0.2, -0.15) is 0 Å². The molecule has 0 heterocycles. The van der Waals surface area contributed by atoms with Gasteiger partial charge in [0.15, 0.2) is 12.6 Å². The molecular weight excluding hydrogens is 264 g/mol. The van der Waals surface area contributed by atoms with Gasteiger partial charge in [-0.3, -0.25) is 9.59 Å². The average molecular weight is 276 g/mol. The normalized spacial score (nSPS) is 10.5. The average Bonchev–Trinajstić information content (AvgIpc) is 2.54. The van der Waals surface area contributed by atoms with Crippen LogP contribution in [0.4, 0.5) is 0 Å². The maximum absolute atomic E-state index is 11.4. The van der Waals surface area contributed by atoms with Gasteiger partial charge >= 0.3 is 0 Å². The highest BCUT2D eigenvalue weighted by molar-refractivity contribution is 6.05. The number of hydrogen-bond donors (Lipinski definition) is 1. The summed E-state index contributed by atoms with van der Waals surface area (Å²) >= 11 is 0. The lowest BCUT2D eigenvalue weighted by Gasteiger charge is -2.11. The van der Waals surface area contributed by atoms with Crippen molar-refractivity contribution in [3.8, 4) is 16.9 Å². The molecule has 3 heteroatoms. The van der Waals surface area contributed by atoms with Gasteiger partial charge in [-0.05, 0) is 34.0 Å². The molecule has 0 radical (unpaired) electrons.